The van der Waals surface area contributed by atoms with Crippen LogP contribution in [0.3, 0.4) is 0 Å². The lowest BCUT2D eigenvalue weighted by molar-refractivity contribution is 0.471. The maximum absolute atomic E-state index is 14.1. The number of hydrogen-bond donors (Lipinski definition) is 0. The van der Waals surface area contributed by atoms with Crippen molar-refractivity contribution in [2.75, 3.05) is 0 Å². The van der Waals surface area contributed by atoms with Crippen LogP contribution in [0.4, 0.5) is 8.78 Å². The van der Waals surface area contributed by atoms with Crippen molar-refractivity contribution in [3.63, 3.8) is 0 Å². The molecule has 0 aliphatic heterocycles. The third-order valence-electron chi connectivity index (χ3n) is 4.94. The van der Waals surface area contributed by atoms with E-state index in [1.54, 1.807) is 19.1 Å². The average molecular weight is 312 g/mol. The Labute approximate surface area is 136 Å². The van der Waals surface area contributed by atoms with Gasteiger partial charge in [-0.1, -0.05) is 55.8 Å². The molecule has 2 aromatic carbocycles. The molecule has 0 bridgehead atoms. The van der Waals surface area contributed by atoms with Crippen molar-refractivity contribution in [3.05, 3.63) is 65.2 Å². The zero-order valence-corrected chi connectivity index (χ0v) is 13.7. The van der Waals surface area contributed by atoms with E-state index >= 15 is 0 Å². The molecule has 2 aromatic rings. The van der Waals surface area contributed by atoms with Gasteiger partial charge in [0.15, 0.2) is 11.6 Å². The maximum atomic E-state index is 14.1. The second kappa shape index (κ2) is 6.66. The predicted molar refractivity (Wildman–Crippen MR) is 92.1 cm³/mol. The van der Waals surface area contributed by atoms with E-state index < -0.39 is 11.6 Å². The van der Waals surface area contributed by atoms with Crippen LogP contribution in [0.1, 0.15) is 43.7 Å². The van der Waals surface area contributed by atoms with E-state index in [0.717, 1.165) is 18.8 Å². The molecule has 1 unspecified atom stereocenters. The molecule has 0 saturated heterocycles. The fourth-order valence-electron chi connectivity index (χ4n) is 3.25. The first-order chi connectivity index (χ1) is 11.1. The van der Waals surface area contributed by atoms with Crippen molar-refractivity contribution in [2.24, 2.45) is 5.92 Å². The van der Waals surface area contributed by atoms with E-state index in [4.69, 9.17) is 0 Å². The number of allylic oxidation sites excluding steroid dienone is 2. The fraction of sp³-hybridized carbons (Fsp3) is 0.333. The van der Waals surface area contributed by atoms with E-state index in [0.29, 0.717) is 16.7 Å². The third-order valence-corrected chi connectivity index (χ3v) is 4.94. The molecule has 0 N–H and O–H groups in total. The highest BCUT2D eigenvalue weighted by molar-refractivity contribution is 5.71. The third kappa shape index (κ3) is 3.21. The Kier molecular flexibility index (Phi) is 4.61. The van der Waals surface area contributed by atoms with Crippen molar-refractivity contribution in [1.82, 2.24) is 0 Å². The Morgan fingerprint density at radius 2 is 1.65 bits per heavy atom. The Morgan fingerprint density at radius 1 is 0.957 bits per heavy atom. The molecule has 0 spiro atoms. The van der Waals surface area contributed by atoms with Crippen LogP contribution in [0.25, 0.3) is 16.7 Å². The lowest BCUT2D eigenvalue weighted by atomic mass is 9.85. The largest absolute Gasteiger partial charge is 0.203 e. The molecule has 1 aliphatic rings. The number of aryl methyl sites for hydroxylation is 1. The Balaban J connectivity index is 1.86. The summed E-state index contributed by atoms with van der Waals surface area (Å²) in [7, 11) is 0. The summed E-state index contributed by atoms with van der Waals surface area (Å²) in [5, 5.41) is 0. The summed E-state index contributed by atoms with van der Waals surface area (Å²) in [6.07, 6.45) is 7.05. The van der Waals surface area contributed by atoms with E-state index in [9.17, 15) is 8.78 Å². The molecule has 0 heterocycles. The molecule has 0 radical (unpaired) electrons. The van der Waals surface area contributed by atoms with Crippen LogP contribution in [0, 0.1) is 24.5 Å². The van der Waals surface area contributed by atoms with Gasteiger partial charge in [-0.05, 0) is 54.4 Å². The minimum atomic E-state index is -0.764. The Bertz CT molecular complexity index is 726. The summed E-state index contributed by atoms with van der Waals surface area (Å²) in [5.74, 6) is -0.713. The lowest BCUT2D eigenvalue weighted by Gasteiger charge is -2.20. The Morgan fingerprint density at radius 3 is 2.26 bits per heavy atom. The second-order valence-corrected chi connectivity index (χ2v) is 6.41. The summed E-state index contributed by atoms with van der Waals surface area (Å²) in [6, 6.07) is 11.1. The molecule has 1 aliphatic carbocycles. The van der Waals surface area contributed by atoms with Gasteiger partial charge in [-0.3, -0.25) is 0 Å². The summed E-state index contributed by atoms with van der Waals surface area (Å²) in [5.41, 5.74) is 3.94. The minimum Gasteiger partial charge on any atom is -0.203 e. The van der Waals surface area contributed by atoms with Gasteiger partial charge in [0.25, 0.3) is 0 Å². The molecular formula is C21H22F2. The summed E-state index contributed by atoms with van der Waals surface area (Å²) >= 11 is 0. The molecule has 0 aromatic heterocycles. The van der Waals surface area contributed by atoms with Gasteiger partial charge in [-0.15, -0.1) is 0 Å². The summed E-state index contributed by atoms with van der Waals surface area (Å²) < 4.78 is 27.8. The molecular weight excluding hydrogens is 290 g/mol. The number of halogens is 2. The van der Waals surface area contributed by atoms with Gasteiger partial charge in [-0.25, -0.2) is 8.78 Å². The van der Waals surface area contributed by atoms with Gasteiger partial charge >= 0.3 is 0 Å². The van der Waals surface area contributed by atoms with Crippen LogP contribution in [-0.4, -0.2) is 0 Å². The van der Waals surface area contributed by atoms with Gasteiger partial charge in [-0.2, -0.15) is 0 Å². The molecule has 3 rings (SSSR count). The summed E-state index contributed by atoms with van der Waals surface area (Å²) in [6.45, 7) is 3.82. The van der Waals surface area contributed by atoms with E-state index in [1.807, 2.05) is 24.3 Å². The zero-order valence-electron chi connectivity index (χ0n) is 13.7. The van der Waals surface area contributed by atoms with E-state index in [-0.39, 0.29) is 0 Å². The van der Waals surface area contributed by atoms with E-state index in [2.05, 4.69) is 13.0 Å². The Hall–Kier alpha value is -1.96. The summed E-state index contributed by atoms with van der Waals surface area (Å²) in [4.78, 5) is 0. The van der Waals surface area contributed by atoms with Crippen LogP contribution < -0.4 is 0 Å². The van der Waals surface area contributed by atoms with Crippen LogP contribution in [-0.2, 0) is 0 Å². The normalized spacial score (nSPS) is 17.9. The molecule has 0 fully saturated rings. The van der Waals surface area contributed by atoms with Crippen LogP contribution in [0.5, 0.6) is 0 Å². The van der Waals surface area contributed by atoms with Gasteiger partial charge in [0, 0.05) is 5.56 Å². The maximum Gasteiger partial charge on any atom is 0.166 e. The second-order valence-electron chi connectivity index (χ2n) is 6.41. The molecule has 120 valence electrons. The van der Waals surface area contributed by atoms with Crippen LogP contribution in [0.15, 0.2) is 42.5 Å². The number of benzene rings is 2. The first-order valence-corrected chi connectivity index (χ1v) is 8.34. The van der Waals surface area contributed by atoms with Crippen LogP contribution in [0.2, 0.25) is 0 Å². The number of rotatable bonds is 3. The minimum absolute atomic E-state index is 0.323. The zero-order chi connectivity index (χ0) is 16.4. The highest BCUT2D eigenvalue weighted by Crippen LogP contribution is 2.33. The molecule has 1 atom stereocenters. The lowest BCUT2D eigenvalue weighted by Crippen LogP contribution is -2.03. The molecule has 0 nitrogen and oxygen atoms in total. The standard InChI is InChI=1S/C21H22F2/c1-3-15-5-7-16(8-6-15)17-9-11-18(12-10-17)19-13-4-14(2)20(22)21(19)23/h4,7,9-13,15H,3,5-6,8H2,1-2H3. The molecule has 0 amide bonds. The molecule has 2 heteroatoms. The topological polar surface area (TPSA) is 0 Å². The van der Waals surface area contributed by atoms with Crippen molar-refractivity contribution >= 4 is 5.57 Å². The monoisotopic (exact) mass is 312 g/mol. The van der Waals surface area contributed by atoms with E-state index in [1.165, 1.54) is 24.0 Å². The van der Waals surface area contributed by atoms with Crippen molar-refractivity contribution in [1.29, 1.82) is 0 Å². The van der Waals surface area contributed by atoms with Crippen molar-refractivity contribution in [3.8, 4) is 11.1 Å². The first-order valence-electron chi connectivity index (χ1n) is 8.34. The molecule has 23 heavy (non-hydrogen) atoms. The van der Waals surface area contributed by atoms with Gasteiger partial charge in [0.1, 0.15) is 0 Å². The highest BCUT2D eigenvalue weighted by atomic mass is 19.2. The average Bonchev–Trinajstić information content (AvgIpc) is 2.60. The SMILES string of the molecule is CCC1CC=C(c2ccc(-c3ccc(C)c(F)c3F)cc2)CC1. The quantitative estimate of drug-likeness (QED) is 0.604. The van der Waals surface area contributed by atoms with Gasteiger partial charge in [0.05, 0.1) is 0 Å². The molecule has 0 saturated carbocycles. The smallest absolute Gasteiger partial charge is 0.166 e. The predicted octanol–water partition coefficient (Wildman–Crippen LogP) is 6.53. The first kappa shape index (κ1) is 15.9. The van der Waals surface area contributed by atoms with Crippen molar-refractivity contribution < 1.29 is 8.78 Å². The van der Waals surface area contributed by atoms with Gasteiger partial charge in [0.2, 0.25) is 0 Å². The fourth-order valence-corrected chi connectivity index (χ4v) is 3.25. The van der Waals surface area contributed by atoms with Gasteiger partial charge < -0.3 is 0 Å². The van der Waals surface area contributed by atoms with Crippen molar-refractivity contribution in [2.45, 2.75) is 39.5 Å². The highest BCUT2D eigenvalue weighted by Gasteiger charge is 2.15. The number of hydrogen-bond acceptors (Lipinski definition) is 0. The van der Waals surface area contributed by atoms with Crippen LogP contribution >= 0.6 is 0 Å².